The summed E-state index contributed by atoms with van der Waals surface area (Å²) in [5, 5.41) is 7.43. The van der Waals surface area contributed by atoms with Crippen molar-refractivity contribution in [2.24, 2.45) is 0 Å². The Morgan fingerprint density at radius 2 is 1.76 bits per heavy atom. The van der Waals surface area contributed by atoms with Crippen molar-refractivity contribution in [2.45, 2.75) is 19.4 Å². The van der Waals surface area contributed by atoms with Crippen LogP contribution in [-0.4, -0.2) is 23.6 Å². The van der Waals surface area contributed by atoms with Crippen LogP contribution in [0.25, 0.3) is 22.2 Å². The number of aromatic amines is 1. The molecule has 3 aromatic carbocycles. The summed E-state index contributed by atoms with van der Waals surface area (Å²) >= 11 is 6.08. The molecule has 33 heavy (non-hydrogen) atoms. The van der Waals surface area contributed by atoms with Crippen LogP contribution in [-0.2, 0) is 9.53 Å². The first-order valence-electron chi connectivity index (χ1n) is 10.7. The van der Waals surface area contributed by atoms with Crippen LogP contribution in [0.2, 0.25) is 5.02 Å². The van der Waals surface area contributed by atoms with Crippen LogP contribution < -0.4 is 10.6 Å². The number of anilines is 1. The number of H-pyrrole nitrogens is 1. The number of carbonyl (C=O) groups is 2. The maximum Gasteiger partial charge on any atom is 0.319 e. The zero-order valence-electron chi connectivity index (χ0n) is 18.1. The van der Waals surface area contributed by atoms with Gasteiger partial charge in [0, 0.05) is 27.3 Å². The van der Waals surface area contributed by atoms with Crippen molar-refractivity contribution in [3.8, 4) is 11.3 Å². The molecule has 0 saturated heterocycles. The van der Waals surface area contributed by atoms with Crippen molar-refractivity contribution in [1.29, 1.82) is 0 Å². The molecule has 3 N–H and O–H groups in total. The molecule has 4 rings (SSSR count). The number of carbonyl (C=O) groups excluding carboxylic acids is 2. The van der Waals surface area contributed by atoms with Gasteiger partial charge in [-0.05, 0) is 54.4 Å². The number of benzene rings is 3. The highest BCUT2D eigenvalue weighted by molar-refractivity contribution is 6.31. The van der Waals surface area contributed by atoms with Gasteiger partial charge in [-0.15, -0.1) is 0 Å². The highest BCUT2D eigenvalue weighted by Gasteiger charge is 2.19. The van der Waals surface area contributed by atoms with E-state index in [2.05, 4.69) is 15.6 Å². The van der Waals surface area contributed by atoms with E-state index in [0.717, 1.165) is 27.7 Å². The molecule has 0 saturated carbocycles. The molecule has 168 valence electrons. The predicted molar refractivity (Wildman–Crippen MR) is 131 cm³/mol. The molecule has 7 heteroatoms. The van der Waals surface area contributed by atoms with Gasteiger partial charge in [-0.25, -0.2) is 4.79 Å². The Labute approximate surface area is 196 Å². The summed E-state index contributed by atoms with van der Waals surface area (Å²) in [7, 11) is 0. The predicted octanol–water partition coefficient (Wildman–Crippen LogP) is 6.30. The van der Waals surface area contributed by atoms with E-state index in [9.17, 15) is 9.59 Å². The minimum Gasteiger partial charge on any atom is -0.466 e. The van der Waals surface area contributed by atoms with Gasteiger partial charge in [-0.3, -0.25) is 4.79 Å². The monoisotopic (exact) mass is 461 g/mol. The highest BCUT2D eigenvalue weighted by Crippen LogP contribution is 2.27. The van der Waals surface area contributed by atoms with Crippen molar-refractivity contribution < 1.29 is 14.3 Å². The number of hydrogen-bond donors (Lipinski definition) is 3. The molecule has 2 amide bonds. The molecule has 0 aliphatic heterocycles. The lowest BCUT2D eigenvalue weighted by Crippen LogP contribution is -2.34. The molecule has 4 aromatic rings. The molecule has 0 unspecified atom stereocenters. The first kappa shape index (κ1) is 22.4. The van der Waals surface area contributed by atoms with Crippen molar-refractivity contribution in [3.05, 3.63) is 89.4 Å². The molecule has 0 radical (unpaired) electrons. The molecule has 1 aromatic heterocycles. The third-order valence-electron chi connectivity index (χ3n) is 5.22. The highest BCUT2D eigenvalue weighted by atomic mass is 35.5. The third kappa shape index (κ3) is 5.73. The Kier molecular flexibility index (Phi) is 6.95. The lowest BCUT2D eigenvalue weighted by atomic mass is 10.0. The van der Waals surface area contributed by atoms with Gasteiger partial charge in [0.1, 0.15) is 0 Å². The summed E-state index contributed by atoms with van der Waals surface area (Å²) in [5.41, 5.74) is 4.41. The topological polar surface area (TPSA) is 83.2 Å². The first-order valence-corrected chi connectivity index (χ1v) is 11.1. The van der Waals surface area contributed by atoms with E-state index >= 15 is 0 Å². The minimum atomic E-state index is -0.498. The van der Waals surface area contributed by atoms with Crippen LogP contribution in [0.5, 0.6) is 0 Å². The Morgan fingerprint density at radius 3 is 2.48 bits per heavy atom. The zero-order chi connectivity index (χ0) is 23.2. The van der Waals surface area contributed by atoms with Crippen LogP contribution in [0.15, 0.2) is 78.9 Å². The molecule has 0 spiro atoms. The second kappa shape index (κ2) is 10.2. The smallest absolute Gasteiger partial charge is 0.319 e. The van der Waals surface area contributed by atoms with Gasteiger partial charge in [-0.1, -0.05) is 54.1 Å². The Balaban J connectivity index is 1.43. The fraction of sp³-hybridized carbons (Fsp3) is 0.154. The average Bonchev–Trinajstić information content (AvgIpc) is 3.23. The summed E-state index contributed by atoms with van der Waals surface area (Å²) in [6, 6.07) is 23.7. The van der Waals surface area contributed by atoms with E-state index in [-0.39, 0.29) is 12.4 Å². The quantitative estimate of drug-likeness (QED) is 0.282. The molecule has 1 heterocycles. The van der Waals surface area contributed by atoms with Crippen LogP contribution >= 0.6 is 11.6 Å². The number of urea groups is 1. The van der Waals surface area contributed by atoms with Gasteiger partial charge in [0.2, 0.25) is 0 Å². The van der Waals surface area contributed by atoms with E-state index in [1.54, 1.807) is 6.92 Å². The van der Waals surface area contributed by atoms with Gasteiger partial charge in [0.25, 0.3) is 0 Å². The fourth-order valence-corrected chi connectivity index (χ4v) is 3.82. The van der Waals surface area contributed by atoms with Crippen molar-refractivity contribution in [1.82, 2.24) is 10.3 Å². The molecule has 0 aliphatic carbocycles. The van der Waals surface area contributed by atoms with Gasteiger partial charge in [0.05, 0.1) is 19.1 Å². The molecule has 0 fully saturated rings. The maximum absolute atomic E-state index is 12.6. The second-order valence-electron chi connectivity index (χ2n) is 7.56. The van der Waals surface area contributed by atoms with E-state index in [1.807, 2.05) is 78.9 Å². The number of fused-ring (bicyclic) bond motifs is 1. The number of amides is 2. The van der Waals surface area contributed by atoms with Gasteiger partial charge >= 0.3 is 12.0 Å². The summed E-state index contributed by atoms with van der Waals surface area (Å²) < 4.78 is 5.06. The van der Waals surface area contributed by atoms with Crippen molar-refractivity contribution in [3.63, 3.8) is 0 Å². The minimum absolute atomic E-state index is 0.0502. The number of nitrogens with one attached hydrogen (secondary N) is 3. The summed E-state index contributed by atoms with van der Waals surface area (Å²) in [4.78, 5) is 28.0. The van der Waals surface area contributed by atoms with Crippen molar-refractivity contribution >= 4 is 40.2 Å². The number of halogens is 1. The van der Waals surface area contributed by atoms with E-state index in [4.69, 9.17) is 16.3 Å². The largest absolute Gasteiger partial charge is 0.466 e. The number of esters is 1. The number of aromatic nitrogens is 1. The number of rotatable bonds is 7. The second-order valence-corrected chi connectivity index (χ2v) is 8.00. The summed E-state index contributed by atoms with van der Waals surface area (Å²) in [5.74, 6) is -0.365. The maximum atomic E-state index is 12.6. The Bertz CT molecular complexity index is 1250. The van der Waals surface area contributed by atoms with Gasteiger partial charge < -0.3 is 20.4 Å². The van der Waals surface area contributed by atoms with E-state index < -0.39 is 12.1 Å². The Morgan fingerprint density at radius 1 is 1.00 bits per heavy atom. The van der Waals surface area contributed by atoms with Gasteiger partial charge in [0.15, 0.2) is 0 Å². The molecule has 1 atom stereocenters. The van der Waals surface area contributed by atoms with E-state index in [0.29, 0.717) is 17.3 Å². The summed E-state index contributed by atoms with van der Waals surface area (Å²) in [6.45, 7) is 2.05. The lowest BCUT2D eigenvalue weighted by molar-refractivity contribution is -0.143. The molecule has 0 aliphatic rings. The van der Waals surface area contributed by atoms with Crippen LogP contribution in [0.4, 0.5) is 10.5 Å². The van der Waals surface area contributed by atoms with Crippen LogP contribution in [0.3, 0.4) is 0 Å². The van der Waals surface area contributed by atoms with Crippen molar-refractivity contribution in [2.75, 3.05) is 11.9 Å². The number of hydrogen-bond acceptors (Lipinski definition) is 3. The molecular formula is C26H24ClN3O3. The zero-order valence-corrected chi connectivity index (χ0v) is 18.9. The number of ether oxygens (including phenoxy) is 1. The van der Waals surface area contributed by atoms with Gasteiger partial charge in [-0.2, -0.15) is 0 Å². The molecular weight excluding hydrogens is 438 g/mol. The average molecular weight is 462 g/mol. The first-order chi connectivity index (χ1) is 16.0. The van der Waals surface area contributed by atoms with Crippen LogP contribution in [0.1, 0.15) is 24.9 Å². The van der Waals surface area contributed by atoms with Crippen LogP contribution in [0, 0.1) is 0 Å². The Hall–Kier alpha value is -3.77. The molecule has 0 bridgehead atoms. The van der Waals surface area contributed by atoms with E-state index in [1.165, 1.54) is 0 Å². The summed E-state index contributed by atoms with van der Waals surface area (Å²) in [6.07, 6.45) is 0.0502. The third-order valence-corrected chi connectivity index (χ3v) is 5.46. The molecule has 6 nitrogen and oxygen atoms in total. The SMILES string of the molecule is CCOC(=O)C[C@H](NC(=O)Nc1ccc(-c2cc3cc(Cl)ccc3[nH]2)cc1)c1ccccc1. The standard InChI is InChI=1S/C26H24ClN3O3/c1-2-33-25(31)16-24(17-6-4-3-5-7-17)30-26(32)28-21-11-8-18(9-12-21)23-15-19-14-20(27)10-13-22(19)29-23/h3-15,24,29H,2,16H2,1H3,(H2,28,30,32)/t24-/m0/s1. The fourth-order valence-electron chi connectivity index (χ4n) is 3.64. The lowest BCUT2D eigenvalue weighted by Gasteiger charge is -2.19. The normalized spacial score (nSPS) is 11.7.